The molecule has 2 N–H and O–H groups in total. The number of ether oxygens (including phenoxy) is 1. The van der Waals surface area contributed by atoms with Crippen LogP contribution in [0.15, 0.2) is 30.3 Å². The molecule has 3 fully saturated rings. The molecule has 4 rings (SSSR count). The molecule has 1 amide bonds. The third-order valence-corrected chi connectivity index (χ3v) is 6.01. The van der Waals surface area contributed by atoms with Gasteiger partial charge in [0.2, 0.25) is 5.91 Å². The lowest BCUT2D eigenvalue weighted by atomic mass is 9.83. The van der Waals surface area contributed by atoms with Gasteiger partial charge in [0.25, 0.3) is 0 Å². The highest BCUT2D eigenvalue weighted by molar-refractivity contribution is 5.85. The summed E-state index contributed by atoms with van der Waals surface area (Å²) >= 11 is 0. The fraction of sp³-hybridized carbons (Fsp3) is 0.632. The van der Waals surface area contributed by atoms with E-state index < -0.39 is 0 Å². The van der Waals surface area contributed by atoms with Crippen LogP contribution in [0, 0.1) is 17.8 Å². The lowest BCUT2D eigenvalue weighted by Gasteiger charge is -2.40. The highest BCUT2D eigenvalue weighted by Crippen LogP contribution is 2.48. The molecule has 1 aliphatic heterocycles. The van der Waals surface area contributed by atoms with Gasteiger partial charge in [0, 0.05) is 12.6 Å². The van der Waals surface area contributed by atoms with E-state index in [1.807, 2.05) is 23.1 Å². The van der Waals surface area contributed by atoms with Crippen LogP contribution in [0.4, 0.5) is 0 Å². The number of benzene rings is 1. The molecule has 132 valence electrons. The molecule has 0 radical (unpaired) electrons. The van der Waals surface area contributed by atoms with E-state index in [1.54, 1.807) is 0 Å². The average Bonchev–Trinajstić information content (AvgIpc) is 3.15. The number of amides is 1. The summed E-state index contributed by atoms with van der Waals surface area (Å²) in [5.41, 5.74) is 7.52. The molecule has 1 aromatic rings. The van der Waals surface area contributed by atoms with Gasteiger partial charge in [-0.25, -0.2) is 0 Å². The van der Waals surface area contributed by atoms with E-state index in [2.05, 4.69) is 19.1 Å². The quantitative estimate of drug-likeness (QED) is 0.892. The number of carbonyl (C=O) groups is 1. The zero-order valence-electron chi connectivity index (χ0n) is 14.1. The molecule has 1 aromatic carbocycles. The summed E-state index contributed by atoms with van der Waals surface area (Å²) in [4.78, 5) is 15.1. The number of halogens is 1. The fourth-order valence-electron chi connectivity index (χ4n) is 4.90. The van der Waals surface area contributed by atoms with Crippen molar-refractivity contribution in [1.29, 1.82) is 0 Å². The summed E-state index contributed by atoms with van der Waals surface area (Å²) in [5, 5.41) is 0. The lowest BCUT2D eigenvalue weighted by molar-refractivity contribution is -0.151. The topological polar surface area (TPSA) is 55.6 Å². The van der Waals surface area contributed by atoms with E-state index in [0.29, 0.717) is 24.9 Å². The first-order chi connectivity index (χ1) is 11.1. The molecule has 5 heteroatoms. The first-order valence-electron chi connectivity index (χ1n) is 8.88. The van der Waals surface area contributed by atoms with Crippen molar-refractivity contribution in [3.8, 4) is 0 Å². The van der Waals surface area contributed by atoms with Crippen LogP contribution in [0.3, 0.4) is 0 Å². The van der Waals surface area contributed by atoms with Gasteiger partial charge in [0.1, 0.15) is 6.10 Å². The number of morpholine rings is 1. The van der Waals surface area contributed by atoms with Crippen molar-refractivity contribution in [2.24, 2.45) is 23.5 Å². The molecule has 1 heterocycles. The van der Waals surface area contributed by atoms with Gasteiger partial charge in [0.15, 0.2) is 0 Å². The Bertz CT molecular complexity index is 580. The van der Waals surface area contributed by atoms with Crippen molar-refractivity contribution in [3.05, 3.63) is 35.9 Å². The highest BCUT2D eigenvalue weighted by atomic mass is 35.5. The maximum absolute atomic E-state index is 13.1. The lowest BCUT2D eigenvalue weighted by Crippen LogP contribution is -2.52. The Labute approximate surface area is 150 Å². The standard InChI is InChI=1S/C19H26N2O2.ClH/c1-12-10-21(11-16(23-12)13-5-3-2-4-6-13)19(22)17-14-7-8-15(9-14)18(17)20;/h2-6,12,14-18H,7-11,20H2,1H3;1H. The minimum atomic E-state index is -0.0290. The average molecular weight is 351 g/mol. The number of fused-ring (bicyclic) bond motifs is 2. The van der Waals surface area contributed by atoms with Crippen molar-refractivity contribution in [2.75, 3.05) is 13.1 Å². The van der Waals surface area contributed by atoms with Crippen LogP contribution >= 0.6 is 12.4 Å². The monoisotopic (exact) mass is 350 g/mol. The first-order valence-corrected chi connectivity index (χ1v) is 8.88. The molecule has 4 nitrogen and oxygen atoms in total. The molecular formula is C19H27ClN2O2. The van der Waals surface area contributed by atoms with Crippen molar-refractivity contribution in [3.63, 3.8) is 0 Å². The molecule has 2 saturated carbocycles. The molecule has 0 spiro atoms. The van der Waals surface area contributed by atoms with Crippen LogP contribution in [0.2, 0.25) is 0 Å². The van der Waals surface area contributed by atoms with Crippen LogP contribution in [0.5, 0.6) is 0 Å². The summed E-state index contributed by atoms with van der Waals surface area (Å²) in [6.45, 7) is 3.38. The third-order valence-electron chi connectivity index (χ3n) is 6.01. The molecule has 0 aromatic heterocycles. The molecule has 3 aliphatic rings. The van der Waals surface area contributed by atoms with E-state index in [0.717, 1.165) is 12.0 Å². The second-order valence-corrected chi connectivity index (χ2v) is 7.53. The van der Waals surface area contributed by atoms with Gasteiger partial charge in [0.05, 0.1) is 18.6 Å². The first kappa shape index (κ1) is 17.7. The molecule has 2 bridgehead atoms. The molecule has 24 heavy (non-hydrogen) atoms. The van der Waals surface area contributed by atoms with Crippen LogP contribution in [-0.2, 0) is 9.53 Å². The van der Waals surface area contributed by atoms with Gasteiger partial charge in [-0.15, -0.1) is 12.4 Å². The van der Waals surface area contributed by atoms with Crippen molar-refractivity contribution >= 4 is 18.3 Å². The second kappa shape index (κ2) is 7.03. The van der Waals surface area contributed by atoms with Gasteiger partial charge in [-0.2, -0.15) is 0 Å². The second-order valence-electron chi connectivity index (χ2n) is 7.53. The van der Waals surface area contributed by atoms with Crippen LogP contribution < -0.4 is 5.73 Å². The summed E-state index contributed by atoms with van der Waals surface area (Å²) in [7, 11) is 0. The zero-order chi connectivity index (χ0) is 16.0. The fourth-order valence-corrected chi connectivity index (χ4v) is 4.90. The predicted octanol–water partition coefficient (Wildman–Crippen LogP) is 2.77. The van der Waals surface area contributed by atoms with Gasteiger partial charge < -0.3 is 15.4 Å². The zero-order valence-corrected chi connectivity index (χ0v) is 15.0. The van der Waals surface area contributed by atoms with E-state index in [4.69, 9.17) is 10.5 Å². The largest absolute Gasteiger partial charge is 0.367 e. The summed E-state index contributed by atoms with van der Waals surface area (Å²) < 4.78 is 6.08. The van der Waals surface area contributed by atoms with Gasteiger partial charge in [-0.1, -0.05) is 30.3 Å². The Balaban J connectivity index is 0.00000169. The van der Waals surface area contributed by atoms with E-state index in [-0.39, 0.29) is 42.5 Å². The number of hydrogen-bond acceptors (Lipinski definition) is 3. The van der Waals surface area contributed by atoms with Gasteiger partial charge in [-0.3, -0.25) is 4.79 Å². The van der Waals surface area contributed by atoms with Gasteiger partial charge >= 0.3 is 0 Å². The molecule has 1 saturated heterocycles. The molecule has 6 atom stereocenters. The number of rotatable bonds is 2. The van der Waals surface area contributed by atoms with Crippen molar-refractivity contribution in [1.82, 2.24) is 4.90 Å². The van der Waals surface area contributed by atoms with Crippen molar-refractivity contribution in [2.45, 2.75) is 44.4 Å². The van der Waals surface area contributed by atoms with E-state index in [1.165, 1.54) is 12.8 Å². The van der Waals surface area contributed by atoms with E-state index >= 15 is 0 Å². The third kappa shape index (κ3) is 3.07. The van der Waals surface area contributed by atoms with Crippen molar-refractivity contribution < 1.29 is 9.53 Å². The number of carbonyl (C=O) groups excluding carboxylic acids is 1. The Morgan fingerprint density at radius 2 is 1.88 bits per heavy atom. The highest BCUT2D eigenvalue weighted by Gasteiger charge is 2.50. The normalized spacial score (nSPS) is 38.0. The molecular weight excluding hydrogens is 324 g/mol. The Morgan fingerprint density at radius 1 is 1.17 bits per heavy atom. The van der Waals surface area contributed by atoms with E-state index in [9.17, 15) is 4.79 Å². The van der Waals surface area contributed by atoms with Gasteiger partial charge in [-0.05, 0) is 43.6 Å². The molecule has 6 unspecified atom stereocenters. The SMILES string of the molecule is CC1CN(C(=O)C2C3CCC(C3)C2N)CC(c2ccccc2)O1.Cl. The van der Waals surface area contributed by atoms with Crippen LogP contribution in [0.25, 0.3) is 0 Å². The number of nitrogens with two attached hydrogens (primary N) is 1. The maximum Gasteiger partial charge on any atom is 0.227 e. The molecule has 2 aliphatic carbocycles. The maximum atomic E-state index is 13.1. The smallest absolute Gasteiger partial charge is 0.227 e. The Hall–Kier alpha value is -1.10. The van der Waals surface area contributed by atoms with Crippen LogP contribution in [-0.4, -0.2) is 36.0 Å². The summed E-state index contributed by atoms with van der Waals surface area (Å²) in [6, 6.07) is 10.3. The minimum absolute atomic E-state index is 0. The predicted molar refractivity (Wildman–Crippen MR) is 95.9 cm³/mol. The Kier molecular flexibility index (Phi) is 5.19. The number of nitrogens with zero attached hydrogens (tertiary/aromatic N) is 1. The van der Waals surface area contributed by atoms with Crippen LogP contribution in [0.1, 0.15) is 37.9 Å². The minimum Gasteiger partial charge on any atom is -0.367 e. The summed E-state index contributed by atoms with van der Waals surface area (Å²) in [5.74, 6) is 1.38. The Morgan fingerprint density at radius 3 is 2.54 bits per heavy atom. The number of hydrogen-bond donors (Lipinski definition) is 1. The summed E-state index contributed by atoms with van der Waals surface area (Å²) in [6.07, 6.45) is 3.57.